The smallest absolute Gasteiger partial charge is 0.260 e. The number of fused-ring (bicyclic) bond motifs is 4. The van der Waals surface area contributed by atoms with Gasteiger partial charge in [-0.2, -0.15) is 5.01 Å². The third-order valence-electron chi connectivity index (χ3n) is 11.5. The molecule has 0 radical (unpaired) electrons. The van der Waals surface area contributed by atoms with Crippen molar-refractivity contribution in [2.24, 2.45) is 29.6 Å². The fraction of sp³-hybridized carbons (Fsp3) is 0.256. The number of hydrogen-bond donors (Lipinski definition) is 2. The summed E-state index contributed by atoms with van der Waals surface area (Å²) in [6.07, 6.45) is 6.29. The number of nitrogens with zero attached hydrogens (tertiary/aromatic N) is 2. The summed E-state index contributed by atoms with van der Waals surface area (Å²) in [7, 11) is 2.89. The molecule has 0 unspecified atom stereocenters. The first-order valence-electron chi connectivity index (χ1n) is 17.7. The number of hydrogen-bond acceptors (Lipinski definition) is 8. The van der Waals surface area contributed by atoms with E-state index in [-0.39, 0.29) is 35.5 Å². The summed E-state index contributed by atoms with van der Waals surface area (Å²) in [4.78, 5) is 59.7. The number of ether oxygens (including phenoxy) is 2. The minimum absolute atomic E-state index is 0.145. The predicted molar refractivity (Wildman–Crippen MR) is 199 cm³/mol. The number of carbonyl (C=O) groups excluding carboxylic acids is 4. The highest BCUT2D eigenvalue weighted by Crippen LogP contribution is 2.61. The molecule has 4 amide bonds. The van der Waals surface area contributed by atoms with Crippen LogP contribution < -0.4 is 19.8 Å². The van der Waals surface area contributed by atoms with Crippen LogP contribution >= 0.6 is 0 Å². The van der Waals surface area contributed by atoms with Crippen LogP contribution in [-0.2, 0) is 24.6 Å². The number of anilines is 2. The van der Waals surface area contributed by atoms with Crippen molar-refractivity contribution >= 4 is 41.1 Å². The number of amides is 4. The average molecular weight is 710 g/mol. The van der Waals surface area contributed by atoms with E-state index in [1.165, 1.54) is 19.1 Å². The number of nitrogens with one attached hydrogen (secondary N) is 1. The lowest BCUT2D eigenvalue weighted by Crippen LogP contribution is -2.54. The predicted octanol–water partition coefficient (Wildman–Crippen LogP) is 6.45. The molecular formula is C43H39N3O7. The third-order valence-corrected chi connectivity index (χ3v) is 11.5. The maximum atomic E-state index is 15.2. The van der Waals surface area contributed by atoms with Crippen LogP contribution in [-0.4, -0.2) is 48.0 Å². The van der Waals surface area contributed by atoms with E-state index in [2.05, 4.69) is 5.43 Å². The SMILES string of the molecule is COc1cc(C=C[C@H]2C3=CC[C@@H]4C(=O)N(c5ccccc5)C(=O)[C@@H]4[C@@H]3C[C@H]3C(=O)N(Nc4ccc(C)cc4)C(=O)[C@@]23c2ccccc2)cc(OC)c1O. The molecule has 268 valence electrons. The van der Waals surface area contributed by atoms with E-state index in [0.717, 1.165) is 16.1 Å². The average Bonchev–Trinajstić information content (AvgIpc) is 3.56. The molecule has 4 aromatic rings. The molecule has 2 heterocycles. The van der Waals surface area contributed by atoms with Gasteiger partial charge in [0.2, 0.25) is 17.6 Å². The summed E-state index contributed by atoms with van der Waals surface area (Å²) in [5.74, 6) is -4.45. The first kappa shape index (κ1) is 34.0. The van der Waals surface area contributed by atoms with Gasteiger partial charge in [-0.15, -0.1) is 0 Å². The van der Waals surface area contributed by atoms with Gasteiger partial charge in [0.15, 0.2) is 11.5 Å². The molecule has 2 aliphatic carbocycles. The van der Waals surface area contributed by atoms with E-state index in [0.29, 0.717) is 28.9 Å². The summed E-state index contributed by atoms with van der Waals surface area (Å²) in [6.45, 7) is 1.96. The molecule has 2 N–H and O–H groups in total. The molecule has 10 nitrogen and oxygen atoms in total. The second-order valence-corrected chi connectivity index (χ2v) is 14.1. The minimum Gasteiger partial charge on any atom is -0.502 e. The Labute approximate surface area is 307 Å². The highest BCUT2D eigenvalue weighted by molar-refractivity contribution is 6.22. The monoisotopic (exact) mass is 709 g/mol. The number of para-hydroxylation sites is 1. The molecule has 0 aromatic heterocycles. The van der Waals surface area contributed by atoms with Gasteiger partial charge in [-0.1, -0.05) is 90.0 Å². The van der Waals surface area contributed by atoms with Crippen molar-refractivity contribution in [3.63, 3.8) is 0 Å². The Morgan fingerprint density at radius 2 is 1.45 bits per heavy atom. The van der Waals surface area contributed by atoms with Crippen LogP contribution in [0, 0.1) is 36.5 Å². The third kappa shape index (κ3) is 5.23. The van der Waals surface area contributed by atoms with Gasteiger partial charge in [-0.3, -0.25) is 29.5 Å². The minimum atomic E-state index is -1.39. The largest absolute Gasteiger partial charge is 0.502 e. The van der Waals surface area contributed by atoms with Gasteiger partial charge in [-0.05, 0) is 73.2 Å². The molecule has 1 saturated carbocycles. The Balaban J connectivity index is 1.30. The molecule has 2 saturated heterocycles. The number of hydrazine groups is 1. The summed E-state index contributed by atoms with van der Waals surface area (Å²) in [5.41, 5.74) is 6.00. The molecule has 6 atom stereocenters. The molecule has 4 aliphatic rings. The van der Waals surface area contributed by atoms with E-state index >= 15 is 4.79 Å². The fourth-order valence-corrected chi connectivity index (χ4v) is 9.04. The zero-order valence-electron chi connectivity index (χ0n) is 29.6. The number of phenols is 1. The van der Waals surface area contributed by atoms with Crippen LogP contribution in [0.5, 0.6) is 17.2 Å². The Kier molecular flexibility index (Phi) is 8.40. The Morgan fingerprint density at radius 3 is 2.09 bits per heavy atom. The Bertz CT molecular complexity index is 2160. The first-order chi connectivity index (χ1) is 25.7. The fourth-order valence-electron chi connectivity index (χ4n) is 9.04. The van der Waals surface area contributed by atoms with E-state index in [1.54, 1.807) is 36.4 Å². The van der Waals surface area contributed by atoms with Crippen molar-refractivity contribution in [1.82, 2.24) is 5.01 Å². The molecule has 0 bridgehead atoms. The molecule has 0 spiro atoms. The van der Waals surface area contributed by atoms with E-state index in [9.17, 15) is 19.5 Å². The first-order valence-corrected chi connectivity index (χ1v) is 17.7. The van der Waals surface area contributed by atoms with Crippen molar-refractivity contribution in [2.45, 2.75) is 25.2 Å². The number of benzene rings is 4. The normalized spacial score (nSPS) is 26.3. The lowest BCUT2D eigenvalue weighted by molar-refractivity contribution is -0.139. The van der Waals surface area contributed by atoms with Gasteiger partial charge in [0.05, 0.1) is 48.8 Å². The standard InChI is InChI=1S/C43H39N3O7/c1-25-14-17-28(18-15-25)44-46-40(49)34-24-32-30(19-20-31-37(32)41(50)45(39(31)48)29-12-8-5-9-13-29)33(43(34,42(46)51)27-10-6-4-7-11-27)21-16-26-22-35(52-2)38(47)36(23-26)53-3/h4-19,21-23,31-34,37,44,47H,20,24H2,1-3H3/t31-,32+,33-,34-,37-,43-/m0/s1. The maximum Gasteiger partial charge on any atom is 0.260 e. The van der Waals surface area contributed by atoms with Gasteiger partial charge in [-0.25, -0.2) is 0 Å². The highest BCUT2D eigenvalue weighted by atomic mass is 16.5. The molecular weight excluding hydrogens is 670 g/mol. The second kappa shape index (κ2) is 13.1. The summed E-state index contributed by atoms with van der Waals surface area (Å²) >= 11 is 0. The number of imide groups is 2. The van der Waals surface area contributed by atoms with Crippen LogP contribution in [0.15, 0.2) is 115 Å². The number of phenolic OH excluding ortho intramolecular Hbond substituents is 1. The number of allylic oxidation sites excluding steroid dienone is 3. The quantitative estimate of drug-likeness (QED) is 0.158. The Hall–Kier alpha value is -6.16. The van der Waals surface area contributed by atoms with Gasteiger partial charge in [0.25, 0.3) is 11.8 Å². The molecule has 2 aliphatic heterocycles. The van der Waals surface area contributed by atoms with Crippen LogP contribution in [0.1, 0.15) is 29.5 Å². The Morgan fingerprint density at radius 1 is 0.811 bits per heavy atom. The number of aryl methyl sites for hydroxylation is 1. The lowest BCUT2D eigenvalue weighted by Gasteiger charge is -2.49. The van der Waals surface area contributed by atoms with E-state index in [1.807, 2.05) is 85.8 Å². The van der Waals surface area contributed by atoms with Gasteiger partial charge >= 0.3 is 0 Å². The van der Waals surface area contributed by atoms with E-state index < -0.39 is 46.8 Å². The van der Waals surface area contributed by atoms with Crippen molar-refractivity contribution in [3.05, 3.63) is 131 Å². The van der Waals surface area contributed by atoms with Gasteiger partial charge in [0, 0.05) is 5.92 Å². The van der Waals surface area contributed by atoms with Crippen molar-refractivity contribution in [1.29, 1.82) is 0 Å². The summed E-state index contributed by atoms with van der Waals surface area (Å²) < 4.78 is 10.9. The number of rotatable bonds is 8. The molecule has 8 rings (SSSR count). The van der Waals surface area contributed by atoms with Gasteiger partial charge in [0.1, 0.15) is 0 Å². The van der Waals surface area contributed by atoms with Crippen LogP contribution in [0.4, 0.5) is 11.4 Å². The number of aromatic hydroxyl groups is 1. The summed E-state index contributed by atoms with van der Waals surface area (Å²) in [6, 6.07) is 29.1. The molecule has 4 aromatic carbocycles. The van der Waals surface area contributed by atoms with Gasteiger partial charge < -0.3 is 14.6 Å². The van der Waals surface area contributed by atoms with Crippen molar-refractivity contribution < 1.29 is 33.8 Å². The molecule has 3 fully saturated rings. The number of methoxy groups -OCH3 is 2. The zero-order chi connectivity index (χ0) is 37.0. The van der Waals surface area contributed by atoms with Crippen LogP contribution in [0.3, 0.4) is 0 Å². The highest BCUT2D eigenvalue weighted by Gasteiger charge is 2.69. The van der Waals surface area contributed by atoms with Crippen LogP contribution in [0.2, 0.25) is 0 Å². The molecule has 53 heavy (non-hydrogen) atoms. The zero-order valence-corrected chi connectivity index (χ0v) is 29.6. The topological polar surface area (TPSA) is 125 Å². The second-order valence-electron chi connectivity index (χ2n) is 14.1. The molecule has 10 heteroatoms. The summed E-state index contributed by atoms with van der Waals surface area (Å²) in [5, 5.41) is 11.8. The van der Waals surface area contributed by atoms with Crippen molar-refractivity contribution in [3.8, 4) is 17.2 Å². The van der Waals surface area contributed by atoms with Crippen LogP contribution in [0.25, 0.3) is 6.08 Å². The maximum absolute atomic E-state index is 15.2. The number of carbonyl (C=O) groups is 4. The lowest BCUT2D eigenvalue weighted by atomic mass is 9.50. The van der Waals surface area contributed by atoms with E-state index in [4.69, 9.17) is 9.47 Å². The van der Waals surface area contributed by atoms with Crippen molar-refractivity contribution in [2.75, 3.05) is 24.5 Å².